The van der Waals surface area contributed by atoms with Gasteiger partial charge in [0, 0.05) is 52.0 Å². The van der Waals surface area contributed by atoms with Gasteiger partial charge >= 0.3 is 0 Å². The van der Waals surface area contributed by atoms with Crippen molar-refractivity contribution in [3.63, 3.8) is 0 Å². The summed E-state index contributed by atoms with van der Waals surface area (Å²) in [6, 6.07) is 3.97. The highest BCUT2D eigenvalue weighted by molar-refractivity contribution is 7.89. The number of piperazine rings is 1. The van der Waals surface area contributed by atoms with Gasteiger partial charge in [-0.2, -0.15) is 4.31 Å². The molecule has 4 heterocycles. The molecule has 0 aromatic carbocycles. The zero-order chi connectivity index (χ0) is 23.6. The van der Waals surface area contributed by atoms with Crippen molar-refractivity contribution in [3.8, 4) is 0 Å². The summed E-state index contributed by atoms with van der Waals surface area (Å²) in [4.78, 5) is 22.0. The molecule has 2 aliphatic rings. The van der Waals surface area contributed by atoms with Crippen LogP contribution in [0.3, 0.4) is 0 Å². The van der Waals surface area contributed by atoms with E-state index < -0.39 is 15.9 Å². The number of likely N-dealkylation sites (N-methyl/N-ethyl adjacent to an activating group) is 1. The lowest BCUT2D eigenvalue weighted by Gasteiger charge is -2.33. The zero-order valence-electron chi connectivity index (χ0n) is 19.5. The number of rotatable bonds is 6. The Morgan fingerprint density at radius 2 is 1.94 bits per heavy atom. The summed E-state index contributed by atoms with van der Waals surface area (Å²) in [5, 5.41) is 6.71. The third-order valence-electron chi connectivity index (χ3n) is 6.42. The van der Waals surface area contributed by atoms with Gasteiger partial charge in [-0.05, 0) is 45.4 Å². The Morgan fingerprint density at radius 3 is 2.58 bits per heavy atom. The number of nitrogens with zero attached hydrogens (tertiary/aromatic N) is 5. The van der Waals surface area contributed by atoms with E-state index in [9.17, 15) is 13.2 Å². The Hall–Kier alpha value is -2.50. The lowest BCUT2D eigenvalue weighted by molar-refractivity contribution is -0.126. The van der Waals surface area contributed by atoms with Crippen LogP contribution in [0.1, 0.15) is 29.9 Å². The molecule has 0 radical (unpaired) electrons. The maximum Gasteiger partial charge on any atom is 0.248 e. The van der Waals surface area contributed by atoms with E-state index in [0.717, 1.165) is 37.6 Å². The molecule has 2 aromatic rings. The molecule has 2 aromatic heterocycles. The van der Waals surface area contributed by atoms with E-state index in [0.29, 0.717) is 31.6 Å². The van der Waals surface area contributed by atoms with E-state index in [4.69, 9.17) is 4.52 Å². The maximum absolute atomic E-state index is 13.1. The average molecular weight is 477 g/mol. The third-order valence-corrected chi connectivity index (χ3v) is 8.53. The van der Waals surface area contributed by atoms with Crippen molar-refractivity contribution in [2.75, 3.05) is 51.2 Å². The minimum atomic E-state index is -3.75. The van der Waals surface area contributed by atoms with Crippen LogP contribution in [0.4, 0.5) is 5.82 Å². The molecule has 1 amide bonds. The lowest BCUT2D eigenvalue weighted by Crippen LogP contribution is -2.45. The fourth-order valence-electron chi connectivity index (χ4n) is 4.42. The van der Waals surface area contributed by atoms with Gasteiger partial charge in [0.15, 0.2) is 5.76 Å². The quantitative estimate of drug-likeness (QED) is 0.661. The van der Waals surface area contributed by atoms with E-state index in [1.54, 1.807) is 20.0 Å². The zero-order valence-corrected chi connectivity index (χ0v) is 20.3. The number of aryl methyl sites for hydroxylation is 2. The molecule has 0 saturated carbocycles. The van der Waals surface area contributed by atoms with E-state index in [1.165, 1.54) is 4.31 Å². The van der Waals surface area contributed by atoms with Crippen molar-refractivity contribution in [3.05, 3.63) is 35.3 Å². The molecule has 180 valence electrons. The second kappa shape index (κ2) is 9.78. The molecule has 2 aliphatic heterocycles. The SMILES string of the molecule is Cc1noc(C)c1S(=O)(=O)N1CCCC(C(=O)NCc2ccc(N3CCN(C)CC3)nc2)C1. The van der Waals surface area contributed by atoms with Crippen molar-refractivity contribution in [2.24, 2.45) is 5.92 Å². The molecule has 1 N–H and O–H groups in total. The number of aromatic nitrogens is 2. The Balaban J connectivity index is 1.33. The topological polar surface area (TPSA) is 112 Å². The van der Waals surface area contributed by atoms with Gasteiger partial charge < -0.3 is 19.6 Å². The average Bonchev–Trinajstić information content (AvgIpc) is 3.17. The lowest BCUT2D eigenvalue weighted by atomic mass is 9.99. The van der Waals surface area contributed by atoms with Gasteiger partial charge in [-0.15, -0.1) is 0 Å². The van der Waals surface area contributed by atoms with Crippen LogP contribution in [0.15, 0.2) is 27.7 Å². The second-order valence-electron chi connectivity index (χ2n) is 8.89. The van der Waals surface area contributed by atoms with Crippen LogP contribution in [0.5, 0.6) is 0 Å². The number of anilines is 1. The van der Waals surface area contributed by atoms with Crippen LogP contribution in [-0.2, 0) is 21.4 Å². The smallest absolute Gasteiger partial charge is 0.248 e. The number of hydrogen-bond acceptors (Lipinski definition) is 8. The highest BCUT2D eigenvalue weighted by atomic mass is 32.2. The molecule has 0 aliphatic carbocycles. The van der Waals surface area contributed by atoms with E-state index in [2.05, 4.69) is 32.3 Å². The molecular formula is C22H32N6O4S. The number of pyridine rings is 1. The molecule has 1 atom stereocenters. The predicted molar refractivity (Wildman–Crippen MR) is 123 cm³/mol. The molecule has 0 bridgehead atoms. The standard InChI is InChI=1S/C22H32N6O4S/c1-16-21(17(2)32-25-16)33(30,31)28-8-4-5-19(15-28)22(29)24-14-18-6-7-20(23-13-18)27-11-9-26(3)10-12-27/h6-7,13,19H,4-5,8-12,14-15H2,1-3H3,(H,24,29). The minimum absolute atomic E-state index is 0.107. The molecule has 2 fully saturated rings. The summed E-state index contributed by atoms with van der Waals surface area (Å²) >= 11 is 0. The molecule has 33 heavy (non-hydrogen) atoms. The van der Waals surface area contributed by atoms with Crippen LogP contribution in [0.25, 0.3) is 0 Å². The summed E-state index contributed by atoms with van der Waals surface area (Å²) in [6.45, 7) is 8.04. The largest absolute Gasteiger partial charge is 0.360 e. The first-order chi connectivity index (χ1) is 15.8. The van der Waals surface area contributed by atoms with Crippen LogP contribution in [-0.4, -0.2) is 80.0 Å². The number of nitrogens with one attached hydrogen (secondary N) is 1. The predicted octanol–water partition coefficient (Wildman–Crippen LogP) is 1.16. The number of sulfonamides is 1. The summed E-state index contributed by atoms with van der Waals surface area (Å²) in [6.07, 6.45) is 3.07. The highest BCUT2D eigenvalue weighted by Crippen LogP contribution is 2.27. The summed E-state index contributed by atoms with van der Waals surface area (Å²) in [5.74, 6) is 0.681. The number of piperidine rings is 1. The van der Waals surface area contributed by atoms with Crippen molar-refractivity contribution in [1.29, 1.82) is 0 Å². The molecule has 2 saturated heterocycles. The molecular weight excluding hydrogens is 444 g/mol. The number of amides is 1. The normalized spacial score (nSPS) is 20.7. The molecule has 11 heteroatoms. The van der Waals surface area contributed by atoms with Gasteiger partial charge in [0.25, 0.3) is 0 Å². The van der Waals surface area contributed by atoms with E-state index in [1.807, 2.05) is 12.1 Å². The Morgan fingerprint density at radius 1 is 1.18 bits per heavy atom. The van der Waals surface area contributed by atoms with Crippen molar-refractivity contribution < 1.29 is 17.7 Å². The summed E-state index contributed by atoms with van der Waals surface area (Å²) in [5.41, 5.74) is 1.25. The van der Waals surface area contributed by atoms with Crippen LogP contribution in [0, 0.1) is 19.8 Å². The number of carbonyl (C=O) groups excluding carboxylic acids is 1. The summed E-state index contributed by atoms with van der Waals surface area (Å²) in [7, 11) is -1.63. The molecule has 0 spiro atoms. The van der Waals surface area contributed by atoms with E-state index >= 15 is 0 Å². The Kier molecular flexibility index (Phi) is 7.01. The monoisotopic (exact) mass is 476 g/mol. The fraction of sp³-hybridized carbons (Fsp3) is 0.591. The van der Waals surface area contributed by atoms with Gasteiger partial charge in [-0.1, -0.05) is 11.2 Å². The first kappa shape index (κ1) is 23.7. The van der Waals surface area contributed by atoms with Gasteiger partial charge in [-0.3, -0.25) is 4.79 Å². The number of hydrogen-bond donors (Lipinski definition) is 1. The molecule has 4 rings (SSSR count). The molecule has 10 nitrogen and oxygen atoms in total. The Bertz CT molecular complexity index is 1060. The highest BCUT2D eigenvalue weighted by Gasteiger charge is 2.36. The van der Waals surface area contributed by atoms with Crippen LogP contribution < -0.4 is 10.2 Å². The molecule has 1 unspecified atom stereocenters. The van der Waals surface area contributed by atoms with Crippen LogP contribution in [0.2, 0.25) is 0 Å². The minimum Gasteiger partial charge on any atom is -0.360 e. The number of carbonyl (C=O) groups is 1. The van der Waals surface area contributed by atoms with Gasteiger partial charge in [-0.25, -0.2) is 13.4 Å². The van der Waals surface area contributed by atoms with Crippen LogP contribution >= 0.6 is 0 Å². The van der Waals surface area contributed by atoms with Gasteiger partial charge in [0.2, 0.25) is 15.9 Å². The fourth-order valence-corrected chi connectivity index (χ4v) is 6.24. The summed E-state index contributed by atoms with van der Waals surface area (Å²) < 4.78 is 32.6. The van der Waals surface area contributed by atoms with E-state index in [-0.39, 0.29) is 23.1 Å². The van der Waals surface area contributed by atoms with Gasteiger partial charge in [0.1, 0.15) is 16.4 Å². The first-order valence-corrected chi connectivity index (χ1v) is 12.8. The Labute approximate surface area is 195 Å². The van der Waals surface area contributed by atoms with Gasteiger partial charge in [0.05, 0.1) is 5.92 Å². The van der Waals surface area contributed by atoms with Crippen molar-refractivity contribution in [2.45, 2.75) is 38.1 Å². The first-order valence-electron chi connectivity index (χ1n) is 11.3. The van der Waals surface area contributed by atoms with Crippen molar-refractivity contribution >= 4 is 21.7 Å². The maximum atomic E-state index is 13.1. The second-order valence-corrected chi connectivity index (χ2v) is 10.8. The van der Waals surface area contributed by atoms with Crippen molar-refractivity contribution in [1.82, 2.24) is 24.7 Å². The third kappa shape index (κ3) is 5.20.